The lowest BCUT2D eigenvalue weighted by Gasteiger charge is -2.39. The molecule has 0 bridgehead atoms. The largest absolute Gasteiger partial charge is 0.506 e. The summed E-state index contributed by atoms with van der Waals surface area (Å²) in [6, 6.07) is 20.0. The standard InChI is InChI=1S/C44H54ClN5O7SSi/c1-44(2,3)59(5,6)57-39(31-12-14-37(51)42-32(31)13-15-40(52)49-42)25-46-24-29-22-34(45)35(23-38(29)55-4)47-41(53)18-21-50-19-16-30(17-20-50)56-43(54)48-36-27-58-26-33(36)28-10-8-7-9-11-28/h7-15,22-23,26-27,30,39,46,51H,16-21,24-25H2,1-6H3,(H,47,53)(H,48,54)(H,49,52)/t39-/m0/s1. The van der Waals surface area contributed by atoms with E-state index in [0.29, 0.717) is 72.9 Å². The average Bonchev–Trinajstić information content (AvgIpc) is 3.66. The Labute approximate surface area is 355 Å². The summed E-state index contributed by atoms with van der Waals surface area (Å²) in [4.78, 5) is 42.9. The summed E-state index contributed by atoms with van der Waals surface area (Å²) in [7, 11) is -0.698. The minimum absolute atomic E-state index is 0.00630. The van der Waals surface area contributed by atoms with Crippen LogP contribution in [0.5, 0.6) is 11.5 Å². The van der Waals surface area contributed by atoms with Crippen molar-refractivity contribution < 1.29 is 28.6 Å². The fourth-order valence-electron chi connectivity index (χ4n) is 6.89. The number of phenols is 1. The second kappa shape index (κ2) is 19.1. The van der Waals surface area contributed by atoms with E-state index in [1.165, 1.54) is 17.4 Å². The average molecular weight is 861 g/mol. The first-order chi connectivity index (χ1) is 28.1. The highest BCUT2D eigenvalue weighted by Crippen LogP contribution is 2.41. The molecule has 0 radical (unpaired) electrons. The van der Waals surface area contributed by atoms with Crippen LogP contribution in [0.25, 0.3) is 22.0 Å². The lowest BCUT2D eigenvalue weighted by molar-refractivity contribution is -0.116. The van der Waals surface area contributed by atoms with Crippen molar-refractivity contribution in [3.8, 4) is 22.6 Å². The van der Waals surface area contributed by atoms with Crippen molar-refractivity contribution in [1.82, 2.24) is 15.2 Å². The number of piperidine rings is 1. The van der Waals surface area contributed by atoms with Gasteiger partial charge in [0.15, 0.2) is 8.32 Å². The fourth-order valence-corrected chi connectivity index (χ4v) is 9.19. The van der Waals surface area contributed by atoms with E-state index >= 15 is 0 Å². The van der Waals surface area contributed by atoms with Crippen LogP contribution in [-0.4, -0.2) is 74.7 Å². The van der Waals surface area contributed by atoms with Crippen LogP contribution in [0.3, 0.4) is 0 Å². The molecule has 1 aliphatic heterocycles. The molecule has 1 saturated heterocycles. The Morgan fingerprint density at radius 1 is 1.02 bits per heavy atom. The third-order valence-corrected chi connectivity index (χ3v) is 16.8. The number of anilines is 2. The molecular weight excluding hydrogens is 806 g/mol. The third kappa shape index (κ3) is 11.1. The van der Waals surface area contributed by atoms with Crippen LogP contribution in [0.4, 0.5) is 16.2 Å². The van der Waals surface area contributed by atoms with Crippen LogP contribution in [0.1, 0.15) is 57.3 Å². The molecule has 15 heteroatoms. The van der Waals surface area contributed by atoms with Crippen LogP contribution in [0.2, 0.25) is 23.2 Å². The van der Waals surface area contributed by atoms with Crippen molar-refractivity contribution in [3.05, 3.63) is 104 Å². The SMILES string of the molecule is COc1cc(NC(=O)CCN2CCC(OC(=O)Nc3cscc3-c3ccccc3)CC2)c(Cl)cc1CNC[C@H](O[Si](C)(C)C(C)(C)C)c1ccc(O)c2[nH]c(=O)ccc12. The first kappa shape index (κ1) is 43.9. The fraction of sp³-hybridized carbons (Fsp3) is 0.386. The van der Waals surface area contributed by atoms with Gasteiger partial charge in [0.2, 0.25) is 11.5 Å². The van der Waals surface area contributed by atoms with Crippen molar-refractivity contribution in [1.29, 1.82) is 0 Å². The van der Waals surface area contributed by atoms with Crippen molar-refractivity contribution in [2.24, 2.45) is 0 Å². The van der Waals surface area contributed by atoms with Crippen LogP contribution in [0, 0.1) is 0 Å². The summed E-state index contributed by atoms with van der Waals surface area (Å²) in [5, 5.41) is 24.9. The number of hydrogen-bond acceptors (Lipinski definition) is 10. The summed E-state index contributed by atoms with van der Waals surface area (Å²) in [6.45, 7) is 13.7. The molecule has 0 spiro atoms. The number of phenolic OH excluding ortho intramolecular Hbond substituents is 1. The number of ether oxygens (including phenoxy) is 2. The number of benzene rings is 3. The Kier molecular flexibility index (Phi) is 14.2. The van der Waals surface area contributed by atoms with E-state index in [9.17, 15) is 19.5 Å². The number of rotatable bonds is 15. The van der Waals surface area contributed by atoms with Gasteiger partial charge in [-0.2, -0.15) is 0 Å². The molecule has 314 valence electrons. The molecule has 59 heavy (non-hydrogen) atoms. The van der Waals surface area contributed by atoms with Gasteiger partial charge in [0, 0.05) is 78.6 Å². The number of nitrogens with one attached hydrogen (secondary N) is 4. The van der Waals surface area contributed by atoms with Gasteiger partial charge in [-0.15, -0.1) is 11.3 Å². The number of aromatic amines is 1. The molecule has 3 aromatic carbocycles. The van der Waals surface area contributed by atoms with E-state index < -0.39 is 20.5 Å². The predicted octanol–water partition coefficient (Wildman–Crippen LogP) is 9.52. The van der Waals surface area contributed by atoms with E-state index in [2.05, 4.69) is 59.7 Å². The Balaban J connectivity index is 1.00. The number of nitrogens with zero attached hydrogens (tertiary/aromatic N) is 1. The maximum atomic E-state index is 13.1. The number of H-pyrrole nitrogens is 1. The number of methoxy groups -OCH3 is 1. The Morgan fingerprint density at radius 2 is 1.76 bits per heavy atom. The molecule has 1 aliphatic rings. The number of fused-ring (bicyclic) bond motifs is 1. The Hall–Kier alpha value is -4.70. The van der Waals surface area contributed by atoms with Crippen molar-refractivity contribution >= 4 is 65.5 Å². The number of carbonyl (C=O) groups excluding carboxylic acids is 2. The molecule has 0 aliphatic carbocycles. The second-order valence-electron chi connectivity index (χ2n) is 16.4. The number of halogens is 1. The zero-order chi connectivity index (χ0) is 42.3. The van der Waals surface area contributed by atoms with Gasteiger partial charge in [-0.3, -0.25) is 14.9 Å². The summed E-state index contributed by atoms with van der Waals surface area (Å²) >= 11 is 8.26. The third-order valence-electron chi connectivity index (χ3n) is 11.2. The van der Waals surface area contributed by atoms with Gasteiger partial charge in [-0.25, -0.2) is 4.79 Å². The zero-order valence-corrected chi connectivity index (χ0v) is 37.0. The van der Waals surface area contributed by atoms with E-state index in [1.807, 2.05) is 47.2 Å². The summed E-state index contributed by atoms with van der Waals surface area (Å²) in [5.41, 5.74) is 4.90. The lowest BCUT2D eigenvalue weighted by Crippen LogP contribution is -2.43. The molecule has 1 atom stereocenters. The lowest BCUT2D eigenvalue weighted by atomic mass is 10.0. The maximum absolute atomic E-state index is 13.1. The highest BCUT2D eigenvalue weighted by Gasteiger charge is 2.40. The van der Waals surface area contributed by atoms with Gasteiger partial charge >= 0.3 is 6.09 Å². The van der Waals surface area contributed by atoms with Crippen LogP contribution >= 0.6 is 22.9 Å². The van der Waals surface area contributed by atoms with Crippen LogP contribution in [-0.2, 0) is 20.5 Å². The normalized spacial score (nSPS) is 14.6. The second-order valence-corrected chi connectivity index (χ2v) is 22.3. The molecule has 3 heterocycles. The minimum atomic E-state index is -2.27. The molecule has 6 rings (SSSR count). The van der Waals surface area contributed by atoms with Gasteiger partial charge in [0.1, 0.15) is 17.6 Å². The predicted molar refractivity (Wildman–Crippen MR) is 240 cm³/mol. The molecule has 1 fully saturated rings. The Morgan fingerprint density at radius 3 is 2.47 bits per heavy atom. The molecule has 12 nitrogen and oxygen atoms in total. The number of aromatic hydroxyl groups is 1. The monoisotopic (exact) mass is 859 g/mol. The molecule has 5 N–H and O–H groups in total. The van der Waals surface area contributed by atoms with Gasteiger partial charge in [-0.1, -0.05) is 68.8 Å². The molecule has 2 aromatic heterocycles. The first-order valence-electron chi connectivity index (χ1n) is 19.8. The quantitative estimate of drug-likeness (QED) is 0.0648. The molecular formula is C44H54ClN5O7SSi. The summed E-state index contributed by atoms with van der Waals surface area (Å²) < 4.78 is 18.4. The summed E-state index contributed by atoms with van der Waals surface area (Å²) in [6.07, 6.45) is 0.566. The van der Waals surface area contributed by atoms with Gasteiger partial charge in [0.05, 0.1) is 35.1 Å². The Bertz CT molecular complexity index is 2300. The van der Waals surface area contributed by atoms with Crippen molar-refractivity contribution in [3.63, 3.8) is 0 Å². The van der Waals surface area contributed by atoms with E-state index in [1.54, 1.807) is 31.4 Å². The van der Waals surface area contributed by atoms with Crippen molar-refractivity contribution in [2.75, 3.05) is 43.9 Å². The summed E-state index contributed by atoms with van der Waals surface area (Å²) in [5.74, 6) is 0.386. The smallest absolute Gasteiger partial charge is 0.411 e. The molecule has 0 saturated carbocycles. The highest BCUT2D eigenvalue weighted by atomic mass is 35.5. The van der Waals surface area contributed by atoms with Gasteiger partial charge in [0.25, 0.3) is 0 Å². The number of hydrogen-bond donors (Lipinski definition) is 5. The highest BCUT2D eigenvalue weighted by molar-refractivity contribution is 7.08. The van der Waals surface area contributed by atoms with Crippen LogP contribution in [0.15, 0.2) is 82.3 Å². The topological polar surface area (TPSA) is 154 Å². The number of thiophene rings is 1. The molecule has 2 amide bonds. The number of carbonyl (C=O) groups is 2. The molecule has 5 aromatic rings. The van der Waals surface area contributed by atoms with Gasteiger partial charge < -0.3 is 39.5 Å². The number of aromatic nitrogens is 1. The van der Waals surface area contributed by atoms with E-state index in [0.717, 1.165) is 27.9 Å². The number of likely N-dealkylation sites (tertiary alicyclic amines) is 1. The van der Waals surface area contributed by atoms with E-state index in [-0.39, 0.29) is 34.8 Å². The zero-order valence-electron chi connectivity index (χ0n) is 34.4. The van der Waals surface area contributed by atoms with Crippen molar-refractivity contribution in [2.45, 2.75) is 76.9 Å². The number of amides is 2. The first-order valence-corrected chi connectivity index (χ1v) is 24.1. The van der Waals surface area contributed by atoms with Crippen LogP contribution < -0.4 is 26.2 Å². The van der Waals surface area contributed by atoms with E-state index in [4.69, 9.17) is 25.5 Å². The number of pyridine rings is 1. The molecule has 0 unspecified atom stereocenters. The maximum Gasteiger partial charge on any atom is 0.411 e. The minimum Gasteiger partial charge on any atom is -0.506 e. The van der Waals surface area contributed by atoms with Gasteiger partial charge in [-0.05, 0) is 60.3 Å².